The Kier molecular flexibility index (Phi) is 5.17. The minimum atomic E-state index is -0.398. The van der Waals surface area contributed by atoms with Crippen molar-refractivity contribution >= 4 is 23.7 Å². The molecule has 108 valence electrons. The number of hydrogen-bond acceptors (Lipinski definition) is 4. The standard InChI is InChI=1S/C15H13ClN2O3/c16-13-3-1-2-4-14(13)21-10-15(20)18-17-9-11-5-7-12(19)8-6-11/h1-9,19H,10H2,(H,18,20)/b17-9+. The fourth-order valence-corrected chi connectivity index (χ4v) is 1.67. The number of hydrogen-bond donors (Lipinski definition) is 2. The van der Waals surface area contributed by atoms with Crippen LogP contribution in [0.2, 0.25) is 5.02 Å². The summed E-state index contributed by atoms with van der Waals surface area (Å²) in [7, 11) is 0. The zero-order valence-electron chi connectivity index (χ0n) is 11.0. The Morgan fingerprint density at radius 2 is 1.95 bits per heavy atom. The first-order valence-electron chi connectivity index (χ1n) is 6.13. The van der Waals surface area contributed by atoms with Crippen molar-refractivity contribution in [2.45, 2.75) is 0 Å². The first-order valence-corrected chi connectivity index (χ1v) is 6.51. The number of ether oxygens (including phenoxy) is 1. The molecule has 2 rings (SSSR count). The molecule has 0 aliphatic rings. The van der Waals surface area contributed by atoms with Crippen molar-refractivity contribution in [1.82, 2.24) is 5.43 Å². The monoisotopic (exact) mass is 304 g/mol. The van der Waals surface area contributed by atoms with Gasteiger partial charge in [-0.05, 0) is 42.0 Å². The van der Waals surface area contributed by atoms with Crippen LogP contribution in [-0.2, 0) is 4.79 Å². The van der Waals surface area contributed by atoms with Crippen LogP contribution in [0.3, 0.4) is 0 Å². The van der Waals surface area contributed by atoms with Crippen molar-refractivity contribution in [2.75, 3.05) is 6.61 Å². The number of halogens is 1. The zero-order valence-corrected chi connectivity index (χ0v) is 11.7. The van der Waals surface area contributed by atoms with Gasteiger partial charge in [0, 0.05) is 0 Å². The van der Waals surface area contributed by atoms with Crippen LogP contribution in [0.4, 0.5) is 0 Å². The number of phenols is 1. The lowest BCUT2D eigenvalue weighted by Crippen LogP contribution is -2.24. The predicted molar refractivity (Wildman–Crippen MR) is 80.8 cm³/mol. The number of rotatable bonds is 5. The molecule has 0 heterocycles. The molecular formula is C15H13ClN2O3. The van der Waals surface area contributed by atoms with E-state index in [1.807, 2.05) is 0 Å². The van der Waals surface area contributed by atoms with E-state index in [0.717, 1.165) is 5.56 Å². The highest BCUT2D eigenvalue weighted by Gasteiger charge is 2.03. The first-order chi connectivity index (χ1) is 10.1. The molecule has 0 fully saturated rings. The van der Waals surface area contributed by atoms with E-state index in [-0.39, 0.29) is 12.4 Å². The van der Waals surface area contributed by atoms with Crippen LogP contribution in [-0.4, -0.2) is 23.8 Å². The average Bonchev–Trinajstić information content (AvgIpc) is 2.48. The summed E-state index contributed by atoms with van der Waals surface area (Å²) >= 11 is 5.90. The fraction of sp³-hybridized carbons (Fsp3) is 0.0667. The molecule has 0 aromatic heterocycles. The second kappa shape index (κ2) is 7.31. The van der Waals surface area contributed by atoms with Crippen molar-refractivity contribution < 1.29 is 14.6 Å². The minimum Gasteiger partial charge on any atom is -0.508 e. The lowest BCUT2D eigenvalue weighted by Gasteiger charge is -2.06. The average molecular weight is 305 g/mol. The lowest BCUT2D eigenvalue weighted by molar-refractivity contribution is -0.123. The molecule has 2 N–H and O–H groups in total. The van der Waals surface area contributed by atoms with Gasteiger partial charge in [0.15, 0.2) is 6.61 Å². The Morgan fingerprint density at radius 1 is 1.24 bits per heavy atom. The number of para-hydroxylation sites is 1. The number of phenolic OH excluding ortho intramolecular Hbond substituents is 1. The number of hydrazone groups is 1. The van der Waals surface area contributed by atoms with E-state index in [0.29, 0.717) is 10.8 Å². The Balaban J connectivity index is 1.80. The molecule has 2 aromatic carbocycles. The molecule has 0 aliphatic heterocycles. The second-order valence-electron chi connectivity index (χ2n) is 4.10. The van der Waals surface area contributed by atoms with Gasteiger partial charge in [0.05, 0.1) is 11.2 Å². The van der Waals surface area contributed by atoms with E-state index in [4.69, 9.17) is 21.4 Å². The Bertz CT molecular complexity index is 642. The molecule has 0 atom stereocenters. The molecule has 0 saturated carbocycles. The van der Waals surface area contributed by atoms with Gasteiger partial charge in [0.1, 0.15) is 11.5 Å². The zero-order chi connectivity index (χ0) is 15.1. The minimum absolute atomic E-state index is 0.171. The SMILES string of the molecule is O=C(COc1ccccc1Cl)N/N=C/c1ccc(O)cc1. The molecule has 6 heteroatoms. The fourth-order valence-electron chi connectivity index (χ4n) is 1.48. The summed E-state index contributed by atoms with van der Waals surface area (Å²) in [6, 6.07) is 13.3. The Labute approximate surface area is 126 Å². The number of benzene rings is 2. The van der Waals surface area contributed by atoms with Crippen molar-refractivity contribution in [3.05, 3.63) is 59.1 Å². The van der Waals surface area contributed by atoms with E-state index in [1.54, 1.807) is 36.4 Å². The summed E-state index contributed by atoms with van der Waals surface area (Å²) in [5.41, 5.74) is 3.09. The lowest BCUT2D eigenvalue weighted by atomic mass is 10.2. The molecule has 5 nitrogen and oxygen atoms in total. The molecule has 0 unspecified atom stereocenters. The van der Waals surface area contributed by atoms with Crippen molar-refractivity contribution in [3.8, 4) is 11.5 Å². The number of aromatic hydroxyl groups is 1. The number of nitrogens with zero attached hydrogens (tertiary/aromatic N) is 1. The quantitative estimate of drug-likeness (QED) is 0.659. The molecule has 0 bridgehead atoms. The maximum Gasteiger partial charge on any atom is 0.277 e. The number of carbonyl (C=O) groups is 1. The summed E-state index contributed by atoms with van der Waals surface area (Å²) in [6.07, 6.45) is 1.47. The number of nitrogens with one attached hydrogen (secondary N) is 1. The normalized spacial score (nSPS) is 10.5. The summed E-state index contributed by atoms with van der Waals surface area (Å²) in [6.45, 7) is -0.184. The Morgan fingerprint density at radius 3 is 2.67 bits per heavy atom. The van der Waals surface area contributed by atoms with E-state index in [2.05, 4.69) is 10.5 Å². The smallest absolute Gasteiger partial charge is 0.277 e. The van der Waals surface area contributed by atoms with Crippen LogP contribution in [0.1, 0.15) is 5.56 Å². The maximum atomic E-state index is 11.5. The van der Waals surface area contributed by atoms with Gasteiger partial charge in [0.2, 0.25) is 0 Å². The molecule has 0 spiro atoms. The molecule has 1 amide bonds. The van der Waals surface area contributed by atoms with Crippen LogP contribution in [0, 0.1) is 0 Å². The topological polar surface area (TPSA) is 70.9 Å². The maximum absolute atomic E-state index is 11.5. The second-order valence-corrected chi connectivity index (χ2v) is 4.51. The summed E-state index contributed by atoms with van der Waals surface area (Å²) in [4.78, 5) is 11.5. The molecule has 2 aromatic rings. The summed E-state index contributed by atoms with van der Waals surface area (Å²) in [5.74, 6) is 0.214. The van der Waals surface area contributed by atoms with Gasteiger partial charge in [-0.3, -0.25) is 4.79 Å². The third-order valence-electron chi connectivity index (χ3n) is 2.49. The van der Waals surface area contributed by atoms with Gasteiger partial charge in [-0.2, -0.15) is 5.10 Å². The highest BCUT2D eigenvalue weighted by atomic mass is 35.5. The molecule has 0 aliphatic carbocycles. The van der Waals surface area contributed by atoms with Crippen molar-refractivity contribution in [2.24, 2.45) is 5.10 Å². The van der Waals surface area contributed by atoms with Crippen LogP contribution in [0.15, 0.2) is 53.6 Å². The van der Waals surface area contributed by atoms with E-state index in [9.17, 15) is 4.79 Å². The van der Waals surface area contributed by atoms with Crippen molar-refractivity contribution in [1.29, 1.82) is 0 Å². The first kappa shape index (κ1) is 14.9. The Hall–Kier alpha value is -2.53. The van der Waals surface area contributed by atoms with Crippen LogP contribution in [0.5, 0.6) is 11.5 Å². The van der Waals surface area contributed by atoms with Gasteiger partial charge >= 0.3 is 0 Å². The summed E-state index contributed by atoms with van der Waals surface area (Å²) < 4.78 is 5.27. The largest absolute Gasteiger partial charge is 0.508 e. The molecule has 0 radical (unpaired) electrons. The third-order valence-corrected chi connectivity index (χ3v) is 2.80. The van der Waals surface area contributed by atoms with Crippen LogP contribution < -0.4 is 10.2 Å². The van der Waals surface area contributed by atoms with Gasteiger partial charge < -0.3 is 9.84 Å². The van der Waals surface area contributed by atoms with E-state index < -0.39 is 5.91 Å². The summed E-state index contributed by atoms with van der Waals surface area (Å²) in [5, 5.41) is 13.4. The molecule has 0 saturated heterocycles. The van der Waals surface area contributed by atoms with Crippen molar-refractivity contribution in [3.63, 3.8) is 0 Å². The van der Waals surface area contributed by atoms with Crippen LogP contribution in [0.25, 0.3) is 0 Å². The molecular weight excluding hydrogens is 292 g/mol. The highest BCUT2D eigenvalue weighted by Crippen LogP contribution is 2.22. The van der Waals surface area contributed by atoms with E-state index >= 15 is 0 Å². The van der Waals surface area contributed by atoms with Gasteiger partial charge in [0.25, 0.3) is 5.91 Å². The molecule has 21 heavy (non-hydrogen) atoms. The van der Waals surface area contributed by atoms with E-state index in [1.165, 1.54) is 18.3 Å². The van der Waals surface area contributed by atoms with Gasteiger partial charge in [-0.25, -0.2) is 5.43 Å². The third kappa shape index (κ3) is 4.81. The number of carbonyl (C=O) groups excluding carboxylic acids is 1. The van der Waals surface area contributed by atoms with Gasteiger partial charge in [-0.1, -0.05) is 23.7 Å². The predicted octanol–water partition coefficient (Wildman–Crippen LogP) is 2.57. The number of amides is 1. The highest BCUT2D eigenvalue weighted by molar-refractivity contribution is 6.32. The van der Waals surface area contributed by atoms with Gasteiger partial charge in [-0.15, -0.1) is 0 Å². The van der Waals surface area contributed by atoms with Crippen LogP contribution >= 0.6 is 11.6 Å².